The Labute approximate surface area is 151 Å². The molecular weight excluding hydrogens is 386 g/mol. The normalized spacial score (nSPS) is 29.5. The van der Waals surface area contributed by atoms with Crippen LogP contribution in [0.3, 0.4) is 0 Å². The molecule has 0 bridgehead atoms. The fourth-order valence-corrected chi connectivity index (χ4v) is 4.22. The minimum atomic E-state index is -1.91. The molecular formula is C17H10BrN5O2. The van der Waals surface area contributed by atoms with Gasteiger partial charge in [-0.25, -0.2) is 4.79 Å². The zero-order valence-electron chi connectivity index (χ0n) is 12.9. The lowest BCUT2D eigenvalue weighted by atomic mass is 9.64. The molecule has 1 aromatic rings. The predicted molar refractivity (Wildman–Crippen MR) is 89.0 cm³/mol. The summed E-state index contributed by atoms with van der Waals surface area (Å²) in [4.78, 5) is 17.5. The largest absolute Gasteiger partial charge is 0.353 e. The molecule has 122 valence electrons. The summed E-state index contributed by atoms with van der Waals surface area (Å²) >= 11 is 3.33. The van der Waals surface area contributed by atoms with Crippen molar-refractivity contribution in [3.05, 3.63) is 34.3 Å². The van der Waals surface area contributed by atoms with E-state index in [9.17, 15) is 20.6 Å². The van der Waals surface area contributed by atoms with Gasteiger partial charge in [0.05, 0.1) is 29.6 Å². The number of nitriles is 3. The number of rotatable bonds is 1. The molecule has 0 aromatic heterocycles. The minimum Gasteiger partial charge on any atom is -0.317 e. The van der Waals surface area contributed by atoms with E-state index >= 15 is 0 Å². The monoisotopic (exact) mass is 395 g/mol. The molecule has 0 amide bonds. The molecule has 0 saturated heterocycles. The molecule has 1 aliphatic carbocycles. The fraction of sp³-hybridized carbons (Fsp3) is 0.294. The Morgan fingerprint density at radius 1 is 1.32 bits per heavy atom. The zero-order valence-corrected chi connectivity index (χ0v) is 14.5. The van der Waals surface area contributed by atoms with Crippen molar-refractivity contribution in [2.75, 3.05) is 0 Å². The first-order chi connectivity index (χ1) is 11.9. The van der Waals surface area contributed by atoms with Crippen LogP contribution >= 0.6 is 15.9 Å². The highest BCUT2D eigenvalue weighted by atomic mass is 79.9. The van der Waals surface area contributed by atoms with Gasteiger partial charge in [-0.05, 0) is 24.6 Å². The lowest BCUT2D eigenvalue weighted by molar-refractivity contribution is -0.146. The molecule has 2 aliphatic rings. The standard InChI is InChI=1S/C17H10BrN5O2/c1-9-17(15(24)25-23-9)13(10-3-2-4-11(18)5-10)16(7-20,8-21)12(6-19)14(17)22/h2-5,12-13,22H,1H3/t12-,13-,17+/m1/s1. The first-order valence-corrected chi connectivity index (χ1v) is 8.02. The van der Waals surface area contributed by atoms with Gasteiger partial charge in [-0.3, -0.25) is 0 Å². The first-order valence-electron chi connectivity index (χ1n) is 7.23. The number of halogens is 1. The number of carbonyl (C=O) groups is 1. The molecule has 7 nitrogen and oxygen atoms in total. The van der Waals surface area contributed by atoms with Crippen LogP contribution in [0.4, 0.5) is 0 Å². The van der Waals surface area contributed by atoms with Gasteiger partial charge in [-0.2, -0.15) is 15.8 Å². The molecule has 1 fully saturated rings. The van der Waals surface area contributed by atoms with Crippen LogP contribution in [0.2, 0.25) is 0 Å². The van der Waals surface area contributed by atoms with Crippen LogP contribution in [0.15, 0.2) is 33.9 Å². The Balaban J connectivity index is 2.43. The van der Waals surface area contributed by atoms with E-state index in [2.05, 4.69) is 21.1 Å². The van der Waals surface area contributed by atoms with Gasteiger partial charge in [-0.15, -0.1) is 0 Å². The van der Waals surface area contributed by atoms with Crippen molar-refractivity contribution < 1.29 is 9.63 Å². The Bertz CT molecular complexity index is 950. The third-order valence-electron chi connectivity index (χ3n) is 4.90. The van der Waals surface area contributed by atoms with Crippen LogP contribution < -0.4 is 0 Å². The number of hydrogen-bond donors (Lipinski definition) is 1. The van der Waals surface area contributed by atoms with Gasteiger partial charge < -0.3 is 10.2 Å². The molecule has 25 heavy (non-hydrogen) atoms. The lowest BCUT2D eigenvalue weighted by Crippen LogP contribution is -2.44. The van der Waals surface area contributed by atoms with E-state index < -0.39 is 28.6 Å². The quantitative estimate of drug-likeness (QED) is 0.729. The van der Waals surface area contributed by atoms with Gasteiger partial charge in [0, 0.05) is 10.4 Å². The zero-order chi connectivity index (χ0) is 18.4. The summed E-state index contributed by atoms with van der Waals surface area (Å²) in [6.45, 7) is 1.50. The highest BCUT2D eigenvalue weighted by Crippen LogP contribution is 2.62. The van der Waals surface area contributed by atoms with E-state index in [1.165, 1.54) is 6.92 Å². The Morgan fingerprint density at radius 2 is 2.00 bits per heavy atom. The van der Waals surface area contributed by atoms with Crippen LogP contribution in [-0.2, 0) is 9.63 Å². The second-order valence-electron chi connectivity index (χ2n) is 5.92. The molecule has 1 N–H and O–H groups in total. The van der Waals surface area contributed by atoms with Gasteiger partial charge in [0.2, 0.25) is 0 Å². The number of nitrogens with one attached hydrogen (secondary N) is 1. The number of carbonyl (C=O) groups excluding carboxylic acids is 1. The van der Waals surface area contributed by atoms with Gasteiger partial charge >= 0.3 is 5.97 Å². The van der Waals surface area contributed by atoms with Crippen molar-refractivity contribution in [2.45, 2.75) is 12.8 Å². The SMILES string of the molecule is CC1=NOC(=O)[C@@]12C(=N)[C@@H](C#N)C(C#N)(C#N)[C@H]2c1cccc(Br)c1. The lowest BCUT2D eigenvalue weighted by Gasteiger charge is -2.31. The maximum absolute atomic E-state index is 12.7. The number of nitrogens with zero attached hydrogens (tertiary/aromatic N) is 4. The molecule has 0 unspecified atom stereocenters. The average molecular weight is 396 g/mol. The van der Waals surface area contributed by atoms with Gasteiger partial charge in [0.25, 0.3) is 0 Å². The van der Waals surface area contributed by atoms with E-state index in [4.69, 9.17) is 10.2 Å². The van der Waals surface area contributed by atoms with Crippen molar-refractivity contribution in [3.8, 4) is 18.2 Å². The van der Waals surface area contributed by atoms with Crippen molar-refractivity contribution in [1.29, 1.82) is 21.2 Å². The summed E-state index contributed by atoms with van der Waals surface area (Å²) in [5.41, 5.74) is -3.32. The van der Waals surface area contributed by atoms with E-state index in [1.807, 2.05) is 18.2 Å². The van der Waals surface area contributed by atoms with Crippen molar-refractivity contribution >= 4 is 33.3 Å². The van der Waals surface area contributed by atoms with Crippen LogP contribution in [-0.4, -0.2) is 17.4 Å². The Kier molecular flexibility index (Phi) is 3.71. The van der Waals surface area contributed by atoms with Crippen molar-refractivity contribution in [1.82, 2.24) is 0 Å². The molecule has 0 radical (unpaired) electrons. The highest BCUT2D eigenvalue weighted by molar-refractivity contribution is 9.10. The second kappa shape index (κ2) is 5.51. The van der Waals surface area contributed by atoms with Gasteiger partial charge in [0.15, 0.2) is 10.8 Å². The number of oxime groups is 1. The maximum atomic E-state index is 12.7. The Hall–Kier alpha value is -3.02. The van der Waals surface area contributed by atoms with Crippen LogP contribution in [0.1, 0.15) is 18.4 Å². The maximum Gasteiger partial charge on any atom is 0.353 e. The summed E-state index contributed by atoms with van der Waals surface area (Å²) in [5, 5.41) is 41.4. The molecule has 1 saturated carbocycles. The van der Waals surface area contributed by atoms with Crippen molar-refractivity contribution in [3.63, 3.8) is 0 Å². The third-order valence-corrected chi connectivity index (χ3v) is 5.39. The minimum absolute atomic E-state index is 0.167. The first kappa shape index (κ1) is 16.8. The summed E-state index contributed by atoms with van der Waals surface area (Å²) in [6.07, 6.45) is 0. The molecule has 1 spiro atoms. The molecule has 1 heterocycles. The van der Waals surface area contributed by atoms with Gasteiger partial charge in [-0.1, -0.05) is 33.2 Å². The van der Waals surface area contributed by atoms with E-state index in [1.54, 1.807) is 24.3 Å². The molecule has 3 rings (SSSR count). The predicted octanol–water partition coefficient (Wildman–Crippen LogP) is 2.66. The van der Waals surface area contributed by atoms with Crippen molar-refractivity contribution in [2.24, 2.45) is 21.9 Å². The third kappa shape index (κ3) is 1.85. The van der Waals surface area contributed by atoms with Crippen LogP contribution in [0.5, 0.6) is 0 Å². The summed E-state index contributed by atoms with van der Waals surface area (Å²) < 4.78 is 0.679. The van der Waals surface area contributed by atoms with Gasteiger partial charge in [0.1, 0.15) is 5.92 Å². The van der Waals surface area contributed by atoms with E-state index in [-0.39, 0.29) is 11.4 Å². The van der Waals surface area contributed by atoms with E-state index in [0.29, 0.717) is 10.0 Å². The topological polar surface area (TPSA) is 134 Å². The second-order valence-corrected chi connectivity index (χ2v) is 6.84. The summed E-state index contributed by atoms with van der Waals surface area (Å²) in [6, 6.07) is 12.5. The highest BCUT2D eigenvalue weighted by Gasteiger charge is 2.74. The molecule has 8 heteroatoms. The fourth-order valence-electron chi connectivity index (χ4n) is 3.80. The van der Waals surface area contributed by atoms with Crippen LogP contribution in [0, 0.1) is 56.2 Å². The van der Waals surface area contributed by atoms with Crippen LogP contribution in [0.25, 0.3) is 0 Å². The van der Waals surface area contributed by atoms with E-state index in [0.717, 1.165) is 0 Å². The molecule has 3 atom stereocenters. The average Bonchev–Trinajstić information content (AvgIpc) is 3.02. The smallest absolute Gasteiger partial charge is 0.317 e. The molecule has 1 aromatic carbocycles. The summed E-state index contributed by atoms with van der Waals surface area (Å²) in [5.74, 6) is -3.29. The number of benzene rings is 1. The number of hydrogen-bond acceptors (Lipinski definition) is 7. The Morgan fingerprint density at radius 3 is 2.48 bits per heavy atom. The summed E-state index contributed by atoms with van der Waals surface area (Å²) in [7, 11) is 0. The molecule has 1 aliphatic heterocycles.